The van der Waals surface area contributed by atoms with Crippen LogP contribution in [0.2, 0.25) is 0 Å². The Morgan fingerprint density at radius 2 is 2.25 bits per heavy atom. The SMILES string of the molecule is Nc1ccc(S(=O)(=O)NCC2CCOC2)cc1[N+](=O)[O-]. The molecule has 0 amide bonds. The van der Waals surface area contributed by atoms with E-state index in [0.29, 0.717) is 13.2 Å². The lowest BCUT2D eigenvalue weighted by Gasteiger charge is -2.10. The summed E-state index contributed by atoms with van der Waals surface area (Å²) in [4.78, 5) is 9.88. The summed E-state index contributed by atoms with van der Waals surface area (Å²) in [5.74, 6) is 0.133. The van der Waals surface area contributed by atoms with Crippen LogP contribution in [-0.4, -0.2) is 33.1 Å². The number of hydrogen-bond acceptors (Lipinski definition) is 6. The van der Waals surface area contributed by atoms with Gasteiger partial charge in [0.05, 0.1) is 16.4 Å². The third kappa shape index (κ3) is 3.24. The molecule has 0 bridgehead atoms. The minimum absolute atomic E-state index is 0.0712. The molecule has 0 spiro atoms. The van der Waals surface area contributed by atoms with E-state index in [1.807, 2.05) is 0 Å². The van der Waals surface area contributed by atoms with Crippen LogP contribution in [-0.2, 0) is 14.8 Å². The van der Waals surface area contributed by atoms with Crippen molar-refractivity contribution in [2.24, 2.45) is 5.92 Å². The number of benzene rings is 1. The normalized spacial score (nSPS) is 19.1. The topological polar surface area (TPSA) is 125 Å². The second-order valence-electron chi connectivity index (χ2n) is 4.56. The molecule has 9 heteroatoms. The molecule has 1 atom stereocenters. The average Bonchev–Trinajstić information content (AvgIpc) is 2.89. The number of nitro groups is 1. The van der Waals surface area contributed by atoms with Gasteiger partial charge in [-0.1, -0.05) is 0 Å². The summed E-state index contributed by atoms with van der Waals surface area (Å²) >= 11 is 0. The first-order valence-electron chi connectivity index (χ1n) is 6.01. The lowest BCUT2D eigenvalue weighted by atomic mass is 10.1. The number of sulfonamides is 1. The highest BCUT2D eigenvalue weighted by atomic mass is 32.2. The number of nitrogens with two attached hydrogens (primary N) is 1. The van der Waals surface area contributed by atoms with Gasteiger partial charge in [-0.25, -0.2) is 13.1 Å². The Kier molecular flexibility index (Phi) is 4.21. The van der Waals surface area contributed by atoms with Crippen LogP contribution in [0.1, 0.15) is 6.42 Å². The number of rotatable bonds is 5. The van der Waals surface area contributed by atoms with E-state index in [-0.39, 0.29) is 23.0 Å². The number of nitrogens with one attached hydrogen (secondary N) is 1. The second-order valence-corrected chi connectivity index (χ2v) is 6.33. The lowest BCUT2D eigenvalue weighted by molar-refractivity contribution is -0.384. The van der Waals surface area contributed by atoms with Crippen molar-refractivity contribution in [1.82, 2.24) is 4.72 Å². The van der Waals surface area contributed by atoms with E-state index in [4.69, 9.17) is 10.5 Å². The maximum atomic E-state index is 12.1. The average molecular weight is 301 g/mol. The van der Waals surface area contributed by atoms with Crippen molar-refractivity contribution < 1.29 is 18.1 Å². The zero-order valence-corrected chi connectivity index (χ0v) is 11.4. The summed E-state index contributed by atoms with van der Waals surface area (Å²) in [5.41, 5.74) is 4.94. The molecule has 0 aliphatic carbocycles. The van der Waals surface area contributed by atoms with Crippen LogP contribution < -0.4 is 10.5 Å². The van der Waals surface area contributed by atoms with Gasteiger partial charge in [-0.2, -0.15) is 0 Å². The zero-order valence-electron chi connectivity index (χ0n) is 10.6. The van der Waals surface area contributed by atoms with E-state index in [9.17, 15) is 18.5 Å². The molecule has 1 aliphatic heterocycles. The van der Waals surface area contributed by atoms with Crippen molar-refractivity contribution in [3.8, 4) is 0 Å². The highest BCUT2D eigenvalue weighted by molar-refractivity contribution is 7.89. The molecule has 8 nitrogen and oxygen atoms in total. The lowest BCUT2D eigenvalue weighted by Crippen LogP contribution is -2.29. The number of nitrogens with zero attached hydrogens (tertiary/aromatic N) is 1. The highest BCUT2D eigenvalue weighted by Crippen LogP contribution is 2.24. The van der Waals surface area contributed by atoms with Gasteiger partial charge in [-0.15, -0.1) is 0 Å². The Morgan fingerprint density at radius 3 is 2.85 bits per heavy atom. The fourth-order valence-electron chi connectivity index (χ4n) is 1.90. The van der Waals surface area contributed by atoms with Crippen LogP contribution in [0.3, 0.4) is 0 Å². The van der Waals surface area contributed by atoms with Crippen LogP contribution in [0.25, 0.3) is 0 Å². The second kappa shape index (κ2) is 5.73. The fourth-order valence-corrected chi connectivity index (χ4v) is 3.04. The molecule has 20 heavy (non-hydrogen) atoms. The van der Waals surface area contributed by atoms with Gasteiger partial charge in [-0.05, 0) is 24.5 Å². The molecule has 1 aliphatic rings. The van der Waals surface area contributed by atoms with Gasteiger partial charge < -0.3 is 10.5 Å². The minimum atomic E-state index is -3.79. The van der Waals surface area contributed by atoms with E-state index < -0.39 is 20.6 Å². The Morgan fingerprint density at radius 1 is 1.50 bits per heavy atom. The number of hydrogen-bond donors (Lipinski definition) is 2. The van der Waals surface area contributed by atoms with Crippen LogP contribution in [0.4, 0.5) is 11.4 Å². The number of ether oxygens (including phenoxy) is 1. The molecule has 1 fully saturated rings. The van der Waals surface area contributed by atoms with Crippen LogP contribution in [0, 0.1) is 16.0 Å². The van der Waals surface area contributed by atoms with Gasteiger partial charge >= 0.3 is 0 Å². The standard InChI is InChI=1S/C11H15N3O5S/c12-10-2-1-9(5-11(10)14(15)16)20(17,18)13-6-8-3-4-19-7-8/h1-2,5,8,13H,3-4,6-7,12H2. The van der Waals surface area contributed by atoms with Gasteiger partial charge in [-0.3, -0.25) is 10.1 Å². The first-order valence-corrected chi connectivity index (χ1v) is 7.50. The number of anilines is 1. The van der Waals surface area contributed by atoms with Crippen molar-refractivity contribution in [3.63, 3.8) is 0 Å². The van der Waals surface area contributed by atoms with Crippen molar-refractivity contribution in [2.45, 2.75) is 11.3 Å². The molecule has 1 aromatic carbocycles. The fraction of sp³-hybridized carbons (Fsp3) is 0.455. The van der Waals surface area contributed by atoms with E-state index in [1.54, 1.807) is 0 Å². The number of nitro benzene ring substituents is 1. The summed E-state index contributed by atoms with van der Waals surface area (Å²) in [6.07, 6.45) is 0.796. The first-order chi connectivity index (χ1) is 9.40. The molecule has 2 rings (SSSR count). The van der Waals surface area contributed by atoms with Gasteiger partial charge in [0.25, 0.3) is 5.69 Å². The summed E-state index contributed by atoms with van der Waals surface area (Å²) in [6, 6.07) is 3.42. The van der Waals surface area contributed by atoms with Crippen LogP contribution in [0.5, 0.6) is 0 Å². The maximum Gasteiger partial charge on any atom is 0.293 e. The molecule has 110 valence electrons. The Labute approximate surface area is 116 Å². The monoisotopic (exact) mass is 301 g/mol. The summed E-state index contributed by atoms with van der Waals surface area (Å²) in [7, 11) is -3.79. The van der Waals surface area contributed by atoms with E-state index >= 15 is 0 Å². The number of nitrogen functional groups attached to an aromatic ring is 1. The highest BCUT2D eigenvalue weighted by Gasteiger charge is 2.22. The first kappa shape index (κ1) is 14.7. The Bertz CT molecular complexity index is 610. The predicted octanol–water partition coefficient (Wildman–Crippen LogP) is 0.492. The van der Waals surface area contributed by atoms with Gasteiger partial charge in [0.15, 0.2) is 0 Å². The van der Waals surface area contributed by atoms with Gasteiger partial charge in [0, 0.05) is 19.2 Å². The zero-order chi connectivity index (χ0) is 14.8. The Hall–Kier alpha value is -1.71. The molecular weight excluding hydrogens is 286 g/mol. The van der Waals surface area contributed by atoms with E-state index in [0.717, 1.165) is 12.5 Å². The smallest absolute Gasteiger partial charge is 0.293 e. The third-order valence-corrected chi connectivity index (χ3v) is 4.52. The largest absolute Gasteiger partial charge is 0.393 e. The Balaban J connectivity index is 2.16. The molecule has 0 saturated carbocycles. The van der Waals surface area contributed by atoms with Crippen molar-refractivity contribution in [1.29, 1.82) is 0 Å². The van der Waals surface area contributed by atoms with Crippen LogP contribution >= 0.6 is 0 Å². The van der Waals surface area contributed by atoms with Gasteiger partial charge in [0.1, 0.15) is 5.69 Å². The molecule has 1 saturated heterocycles. The minimum Gasteiger partial charge on any atom is -0.393 e. The summed E-state index contributed by atoms with van der Waals surface area (Å²) in [5, 5.41) is 10.8. The molecule has 3 N–H and O–H groups in total. The molecule has 1 unspecified atom stereocenters. The van der Waals surface area contributed by atoms with Crippen molar-refractivity contribution in [3.05, 3.63) is 28.3 Å². The summed E-state index contributed by atoms with van der Waals surface area (Å²) < 4.78 is 31.7. The molecule has 1 heterocycles. The molecular formula is C11H15N3O5S. The van der Waals surface area contributed by atoms with Gasteiger partial charge in [0.2, 0.25) is 10.0 Å². The predicted molar refractivity (Wildman–Crippen MR) is 71.6 cm³/mol. The van der Waals surface area contributed by atoms with Crippen molar-refractivity contribution >= 4 is 21.4 Å². The van der Waals surface area contributed by atoms with E-state index in [2.05, 4.69) is 4.72 Å². The molecule has 1 aromatic rings. The van der Waals surface area contributed by atoms with E-state index in [1.165, 1.54) is 12.1 Å². The quantitative estimate of drug-likeness (QED) is 0.463. The molecule has 0 radical (unpaired) electrons. The summed E-state index contributed by atoms with van der Waals surface area (Å²) in [6.45, 7) is 1.39. The molecule has 0 aromatic heterocycles. The van der Waals surface area contributed by atoms with Crippen molar-refractivity contribution in [2.75, 3.05) is 25.5 Å². The maximum absolute atomic E-state index is 12.1. The van der Waals surface area contributed by atoms with Crippen LogP contribution in [0.15, 0.2) is 23.1 Å². The third-order valence-electron chi connectivity index (χ3n) is 3.09.